The van der Waals surface area contributed by atoms with Gasteiger partial charge in [-0.3, -0.25) is 0 Å². The summed E-state index contributed by atoms with van der Waals surface area (Å²) in [7, 11) is -0.533. The Morgan fingerprint density at radius 1 is 1.48 bits per heavy atom. The van der Waals surface area contributed by atoms with Gasteiger partial charge in [0.1, 0.15) is 0 Å². The zero-order chi connectivity index (χ0) is 15.6. The van der Waals surface area contributed by atoms with Crippen molar-refractivity contribution in [2.24, 2.45) is 0 Å². The molecule has 1 aliphatic rings. The zero-order valence-corrected chi connectivity index (χ0v) is 13.0. The van der Waals surface area contributed by atoms with E-state index >= 15 is 0 Å². The molecular formula is C13H21N3O4S. The molecule has 3 N–H and O–H groups in total. The van der Waals surface area contributed by atoms with Gasteiger partial charge in [0, 0.05) is 27.2 Å². The Bertz CT molecular complexity index is 603. The molecule has 1 atom stereocenters. The van der Waals surface area contributed by atoms with Crippen molar-refractivity contribution in [3.8, 4) is 0 Å². The number of benzene rings is 1. The molecule has 1 heterocycles. The minimum absolute atomic E-state index is 0.0521. The first-order chi connectivity index (χ1) is 9.86. The van der Waals surface area contributed by atoms with Gasteiger partial charge < -0.3 is 20.5 Å². The number of aliphatic hydroxyl groups excluding tert-OH is 1. The second kappa shape index (κ2) is 6.18. The fourth-order valence-corrected chi connectivity index (χ4v) is 3.18. The largest absolute Gasteiger partial charge is 0.397 e. The van der Waals surface area contributed by atoms with Gasteiger partial charge in [0.15, 0.2) is 0 Å². The van der Waals surface area contributed by atoms with Gasteiger partial charge in [-0.2, -0.15) is 0 Å². The standard InChI is InChI=1S/C13H21N3O4S/c1-15(2)21(18,19)11-3-4-13(12(14)7-11)16-5-6-20-10(8-16)9-17/h3-4,7,10,17H,5-6,8-9,14H2,1-2H3. The van der Waals surface area contributed by atoms with E-state index in [-0.39, 0.29) is 17.6 Å². The summed E-state index contributed by atoms with van der Waals surface area (Å²) in [5, 5.41) is 9.17. The summed E-state index contributed by atoms with van der Waals surface area (Å²) in [4.78, 5) is 2.16. The van der Waals surface area contributed by atoms with Gasteiger partial charge in [-0.1, -0.05) is 0 Å². The van der Waals surface area contributed by atoms with Crippen LogP contribution in [0.3, 0.4) is 0 Å². The third-order valence-electron chi connectivity index (χ3n) is 3.46. The predicted octanol–water partition coefficient (Wildman–Crippen LogP) is -0.283. The van der Waals surface area contributed by atoms with Crippen LogP contribution in [-0.2, 0) is 14.8 Å². The van der Waals surface area contributed by atoms with Crippen LogP contribution in [0.1, 0.15) is 0 Å². The van der Waals surface area contributed by atoms with Crippen LogP contribution in [0.4, 0.5) is 11.4 Å². The highest BCUT2D eigenvalue weighted by Crippen LogP contribution is 2.28. The molecular weight excluding hydrogens is 294 g/mol. The number of aliphatic hydroxyl groups is 1. The average molecular weight is 315 g/mol. The number of anilines is 2. The SMILES string of the molecule is CN(C)S(=O)(=O)c1ccc(N2CCOC(CO)C2)c(N)c1. The van der Waals surface area contributed by atoms with Crippen LogP contribution in [0.15, 0.2) is 23.1 Å². The van der Waals surface area contributed by atoms with E-state index in [9.17, 15) is 8.42 Å². The Kier molecular flexibility index (Phi) is 4.72. The molecule has 0 spiro atoms. The van der Waals surface area contributed by atoms with Crippen LogP contribution in [0.5, 0.6) is 0 Å². The van der Waals surface area contributed by atoms with E-state index in [1.165, 1.54) is 20.2 Å². The molecule has 0 bridgehead atoms. The van der Waals surface area contributed by atoms with E-state index < -0.39 is 10.0 Å². The van der Waals surface area contributed by atoms with E-state index in [1.807, 2.05) is 4.90 Å². The number of nitrogen functional groups attached to an aromatic ring is 1. The highest BCUT2D eigenvalue weighted by atomic mass is 32.2. The maximum Gasteiger partial charge on any atom is 0.242 e. The highest BCUT2D eigenvalue weighted by molar-refractivity contribution is 7.89. The Labute approximate surface area is 125 Å². The number of nitrogens with two attached hydrogens (primary N) is 1. The number of hydrogen-bond acceptors (Lipinski definition) is 6. The highest BCUT2D eigenvalue weighted by Gasteiger charge is 2.23. The number of sulfonamides is 1. The number of hydrogen-bond donors (Lipinski definition) is 2. The van der Waals surface area contributed by atoms with Gasteiger partial charge in [-0.25, -0.2) is 12.7 Å². The second-order valence-corrected chi connectivity index (χ2v) is 7.28. The van der Waals surface area contributed by atoms with Crippen LogP contribution in [0, 0.1) is 0 Å². The molecule has 0 aromatic heterocycles. The Morgan fingerprint density at radius 3 is 2.76 bits per heavy atom. The fourth-order valence-electron chi connectivity index (χ4n) is 2.24. The van der Waals surface area contributed by atoms with Crippen molar-refractivity contribution in [1.82, 2.24) is 4.31 Å². The van der Waals surface area contributed by atoms with E-state index in [0.29, 0.717) is 25.4 Å². The van der Waals surface area contributed by atoms with Crippen molar-refractivity contribution in [3.05, 3.63) is 18.2 Å². The Morgan fingerprint density at radius 2 is 2.19 bits per heavy atom. The number of ether oxygens (including phenoxy) is 1. The van der Waals surface area contributed by atoms with Crippen molar-refractivity contribution in [3.63, 3.8) is 0 Å². The molecule has 1 aromatic rings. The van der Waals surface area contributed by atoms with Crippen LogP contribution in [-0.4, -0.2) is 64.3 Å². The normalized spacial score (nSPS) is 20.0. The Balaban J connectivity index is 2.28. The molecule has 21 heavy (non-hydrogen) atoms. The molecule has 1 aromatic carbocycles. The number of rotatable bonds is 4. The van der Waals surface area contributed by atoms with Gasteiger partial charge in [-0.05, 0) is 18.2 Å². The lowest BCUT2D eigenvalue weighted by Crippen LogP contribution is -2.44. The van der Waals surface area contributed by atoms with Gasteiger partial charge in [0.2, 0.25) is 10.0 Å². The van der Waals surface area contributed by atoms with E-state index in [2.05, 4.69) is 0 Å². The summed E-state index contributed by atoms with van der Waals surface area (Å²) in [6.45, 7) is 1.63. The van der Waals surface area contributed by atoms with Crippen molar-refractivity contribution in [2.45, 2.75) is 11.0 Å². The predicted molar refractivity (Wildman–Crippen MR) is 80.8 cm³/mol. The van der Waals surface area contributed by atoms with Gasteiger partial charge in [0.25, 0.3) is 0 Å². The third-order valence-corrected chi connectivity index (χ3v) is 5.27. The summed E-state index contributed by atoms with van der Waals surface area (Å²) < 4.78 is 30.7. The van der Waals surface area contributed by atoms with Gasteiger partial charge in [0.05, 0.1) is 35.6 Å². The summed E-state index contributed by atoms with van der Waals surface area (Å²) in [5.74, 6) is 0. The minimum atomic E-state index is -3.49. The van der Waals surface area contributed by atoms with Gasteiger partial charge in [-0.15, -0.1) is 0 Å². The zero-order valence-electron chi connectivity index (χ0n) is 12.2. The topological polar surface area (TPSA) is 96.1 Å². The molecule has 1 aliphatic heterocycles. The summed E-state index contributed by atoms with van der Waals surface area (Å²) in [5.41, 5.74) is 7.17. The lowest BCUT2D eigenvalue weighted by Gasteiger charge is -2.34. The van der Waals surface area contributed by atoms with Crippen LogP contribution >= 0.6 is 0 Å². The minimum Gasteiger partial charge on any atom is -0.397 e. The van der Waals surface area contributed by atoms with Crippen molar-refractivity contribution in [2.75, 3.05) is 51.0 Å². The van der Waals surface area contributed by atoms with Crippen molar-refractivity contribution >= 4 is 21.4 Å². The molecule has 2 rings (SSSR count). The van der Waals surface area contributed by atoms with Crippen LogP contribution < -0.4 is 10.6 Å². The average Bonchev–Trinajstić information content (AvgIpc) is 2.47. The Hall–Kier alpha value is -1.35. The molecule has 0 aliphatic carbocycles. The van der Waals surface area contributed by atoms with Crippen molar-refractivity contribution < 1.29 is 18.3 Å². The van der Waals surface area contributed by atoms with E-state index in [1.54, 1.807) is 12.1 Å². The van der Waals surface area contributed by atoms with Crippen LogP contribution in [0.2, 0.25) is 0 Å². The molecule has 8 heteroatoms. The molecule has 1 saturated heterocycles. The maximum atomic E-state index is 12.1. The summed E-state index contributed by atoms with van der Waals surface area (Å²) >= 11 is 0. The molecule has 0 radical (unpaired) electrons. The third kappa shape index (κ3) is 3.29. The monoisotopic (exact) mass is 315 g/mol. The lowest BCUT2D eigenvalue weighted by atomic mass is 10.2. The van der Waals surface area contributed by atoms with E-state index in [4.69, 9.17) is 15.6 Å². The molecule has 0 amide bonds. The summed E-state index contributed by atoms with van der Waals surface area (Å²) in [6.07, 6.45) is -0.247. The lowest BCUT2D eigenvalue weighted by molar-refractivity contribution is 0.00360. The molecule has 118 valence electrons. The molecule has 0 saturated carbocycles. The second-order valence-electron chi connectivity index (χ2n) is 5.13. The maximum absolute atomic E-state index is 12.1. The number of morpholine rings is 1. The molecule has 1 fully saturated rings. The first-order valence-electron chi connectivity index (χ1n) is 6.65. The number of nitrogens with zero attached hydrogens (tertiary/aromatic N) is 2. The molecule has 7 nitrogen and oxygen atoms in total. The summed E-state index contributed by atoms with van der Waals surface area (Å²) in [6, 6.07) is 4.71. The quantitative estimate of drug-likeness (QED) is 0.742. The fraction of sp³-hybridized carbons (Fsp3) is 0.538. The van der Waals surface area contributed by atoms with E-state index in [0.717, 1.165) is 9.99 Å². The first-order valence-corrected chi connectivity index (χ1v) is 8.09. The van der Waals surface area contributed by atoms with Crippen LogP contribution in [0.25, 0.3) is 0 Å². The van der Waals surface area contributed by atoms with Crippen molar-refractivity contribution in [1.29, 1.82) is 0 Å². The first kappa shape index (κ1) is 16.0. The smallest absolute Gasteiger partial charge is 0.242 e. The molecule has 1 unspecified atom stereocenters. The van der Waals surface area contributed by atoms with Gasteiger partial charge >= 0.3 is 0 Å².